The Labute approximate surface area is 134 Å². The summed E-state index contributed by atoms with van der Waals surface area (Å²) in [7, 11) is 0. The molecule has 2 aliphatic heterocycles. The van der Waals surface area contributed by atoms with Crippen LogP contribution in [0.2, 0.25) is 0 Å². The first-order valence-electron chi connectivity index (χ1n) is 7.85. The lowest BCUT2D eigenvalue weighted by Crippen LogP contribution is -2.13. The summed E-state index contributed by atoms with van der Waals surface area (Å²) in [5.41, 5.74) is 3.59. The maximum atomic E-state index is 10.8. The molecule has 2 aromatic carbocycles. The SMILES string of the molecule is O=[N+]([O-])c1ccc(C2C3C(c4ccccc4)=NCCCN32)cc1. The van der Waals surface area contributed by atoms with Crippen molar-refractivity contribution in [3.05, 3.63) is 75.8 Å². The van der Waals surface area contributed by atoms with Gasteiger partial charge in [-0.25, -0.2) is 0 Å². The van der Waals surface area contributed by atoms with E-state index in [1.165, 1.54) is 5.56 Å². The number of hydrogen-bond donors (Lipinski definition) is 0. The van der Waals surface area contributed by atoms with Gasteiger partial charge in [0.1, 0.15) is 0 Å². The fraction of sp³-hybridized carbons (Fsp3) is 0.278. The third-order valence-electron chi connectivity index (χ3n) is 4.58. The quantitative estimate of drug-likeness (QED) is 0.497. The molecule has 0 radical (unpaired) electrons. The molecule has 2 aliphatic rings. The molecule has 0 bridgehead atoms. The summed E-state index contributed by atoms with van der Waals surface area (Å²) in [6, 6.07) is 17.8. The van der Waals surface area contributed by atoms with Gasteiger partial charge in [0, 0.05) is 25.2 Å². The van der Waals surface area contributed by atoms with E-state index in [4.69, 9.17) is 4.99 Å². The van der Waals surface area contributed by atoms with Crippen LogP contribution >= 0.6 is 0 Å². The van der Waals surface area contributed by atoms with Crippen molar-refractivity contribution >= 4 is 11.4 Å². The molecule has 116 valence electrons. The average Bonchev–Trinajstić information content (AvgIpc) is 3.31. The highest BCUT2D eigenvalue weighted by molar-refractivity contribution is 6.07. The molecule has 23 heavy (non-hydrogen) atoms. The summed E-state index contributed by atoms with van der Waals surface area (Å²) in [5, 5.41) is 10.8. The normalized spacial score (nSPS) is 25.9. The van der Waals surface area contributed by atoms with E-state index in [0.717, 1.165) is 30.8 Å². The Balaban J connectivity index is 1.64. The van der Waals surface area contributed by atoms with Crippen LogP contribution in [0.4, 0.5) is 5.69 Å². The van der Waals surface area contributed by atoms with Crippen LogP contribution in [0, 0.1) is 10.1 Å². The van der Waals surface area contributed by atoms with Crippen molar-refractivity contribution < 1.29 is 4.92 Å². The molecule has 5 heteroatoms. The molecular formula is C18H17N3O2. The first kappa shape index (κ1) is 14.1. The van der Waals surface area contributed by atoms with E-state index in [1.54, 1.807) is 12.1 Å². The Kier molecular flexibility index (Phi) is 3.42. The van der Waals surface area contributed by atoms with E-state index in [9.17, 15) is 10.1 Å². The molecule has 2 aromatic rings. The van der Waals surface area contributed by atoms with E-state index in [1.807, 2.05) is 30.3 Å². The maximum Gasteiger partial charge on any atom is 0.269 e. The number of benzene rings is 2. The largest absolute Gasteiger partial charge is 0.287 e. The van der Waals surface area contributed by atoms with Gasteiger partial charge in [-0.05, 0) is 17.5 Å². The minimum Gasteiger partial charge on any atom is -0.287 e. The lowest BCUT2D eigenvalue weighted by Gasteiger charge is -2.05. The Bertz CT molecular complexity index is 756. The molecule has 4 rings (SSSR count). The summed E-state index contributed by atoms with van der Waals surface area (Å²) in [6.45, 7) is 1.89. The van der Waals surface area contributed by atoms with Gasteiger partial charge >= 0.3 is 0 Å². The standard InChI is InChI=1S/C18H17N3O2/c22-21(23)15-9-7-14(8-10-15)17-18-16(13-5-2-1-3-6-13)19-11-4-12-20(17)18/h1-3,5-10,17-18H,4,11-12H2. The Hall–Kier alpha value is -2.53. The predicted molar refractivity (Wildman–Crippen MR) is 88.8 cm³/mol. The van der Waals surface area contributed by atoms with Crippen LogP contribution in [0.25, 0.3) is 0 Å². The van der Waals surface area contributed by atoms with Crippen molar-refractivity contribution in [2.45, 2.75) is 18.5 Å². The second-order valence-electron chi connectivity index (χ2n) is 5.96. The molecule has 3 atom stereocenters. The van der Waals surface area contributed by atoms with Crippen LogP contribution in [0.3, 0.4) is 0 Å². The lowest BCUT2D eigenvalue weighted by atomic mass is 10.0. The highest BCUT2D eigenvalue weighted by Gasteiger charge is 2.51. The number of nitro groups is 1. The highest BCUT2D eigenvalue weighted by atomic mass is 16.6. The van der Waals surface area contributed by atoms with Gasteiger partial charge in [0.25, 0.3) is 5.69 Å². The molecule has 0 aliphatic carbocycles. The van der Waals surface area contributed by atoms with Crippen molar-refractivity contribution in [1.29, 1.82) is 0 Å². The van der Waals surface area contributed by atoms with Crippen LogP contribution < -0.4 is 0 Å². The van der Waals surface area contributed by atoms with Crippen LogP contribution in [-0.2, 0) is 0 Å². The van der Waals surface area contributed by atoms with Gasteiger partial charge in [0.15, 0.2) is 0 Å². The highest BCUT2D eigenvalue weighted by Crippen LogP contribution is 2.46. The zero-order chi connectivity index (χ0) is 15.8. The first-order valence-corrected chi connectivity index (χ1v) is 7.85. The molecule has 2 heterocycles. The van der Waals surface area contributed by atoms with Crippen LogP contribution in [0.15, 0.2) is 59.6 Å². The first-order chi connectivity index (χ1) is 11.3. The summed E-state index contributed by atoms with van der Waals surface area (Å²) in [5.74, 6) is 0. The number of nitro benzene ring substituents is 1. The van der Waals surface area contributed by atoms with Gasteiger partial charge in [-0.2, -0.15) is 0 Å². The Morgan fingerprint density at radius 3 is 2.48 bits per heavy atom. The summed E-state index contributed by atoms with van der Waals surface area (Å²) < 4.78 is 0. The Morgan fingerprint density at radius 1 is 1.04 bits per heavy atom. The molecule has 0 spiro atoms. The summed E-state index contributed by atoms with van der Waals surface area (Å²) in [6.07, 6.45) is 1.05. The minimum absolute atomic E-state index is 0.140. The molecular weight excluding hydrogens is 290 g/mol. The summed E-state index contributed by atoms with van der Waals surface area (Å²) >= 11 is 0. The number of aliphatic imine (C=N–C) groups is 1. The molecule has 1 fully saturated rings. The average molecular weight is 307 g/mol. The Morgan fingerprint density at radius 2 is 1.78 bits per heavy atom. The zero-order valence-electron chi connectivity index (χ0n) is 12.6. The fourth-order valence-corrected chi connectivity index (χ4v) is 3.44. The maximum absolute atomic E-state index is 10.8. The van der Waals surface area contributed by atoms with E-state index in [2.05, 4.69) is 17.0 Å². The van der Waals surface area contributed by atoms with E-state index >= 15 is 0 Å². The van der Waals surface area contributed by atoms with Gasteiger partial charge in [-0.3, -0.25) is 20.0 Å². The fourth-order valence-electron chi connectivity index (χ4n) is 3.44. The zero-order valence-corrected chi connectivity index (χ0v) is 12.6. The van der Waals surface area contributed by atoms with Gasteiger partial charge in [0.05, 0.1) is 22.7 Å². The minimum atomic E-state index is -0.355. The van der Waals surface area contributed by atoms with Gasteiger partial charge in [-0.15, -0.1) is 0 Å². The molecule has 1 saturated heterocycles. The summed E-state index contributed by atoms with van der Waals surface area (Å²) in [4.78, 5) is 17.7. The smallest absolute Gasteiger partial charge is 0.269 e. The second-order valence-corrected chi connectivity index (χ2v) is 5.96. The molecule has 3 unspecified atom stereocenters. The molecule has 5 nitrogen and oxygen atoms in total. The molecule has 0 aromatic heterocycles. The van der Waals surface area contributed by atoms with Crippen LogP contribution in [0.1, 0.15) is 23.6 Å². The number of nitrogens with zero attached hydrogens (tertiary/aromatic N) is 3. The predicted octanol–water partition coefficient (Wildman–Crippen LogP) is 3.21. The monoisotopic (exact) mass is 307 g/mol. The van der Waals surface area contributed by atoms with Gasteiger partial charge in [0.2, 0.25) is 0 Å². The van der Waals surface area contributed by atoms with Gasteiger partial charge in [-0.1, -0.05) is 42.5 Å². The molecule has 0 amide bonds. The van der Waals surface area contributed by atoms with Crippen molar-refractivity contribution in [2.75, 3.05) is 13.1 Å². The van der Waals surface area contributed by atoms with E-state index < -0.39 is 0 Å². The van der Waals surface area contributed by atoms with Crippen molar-refractivity contribution in [3.63, 3.8) is 0 Å². The molecule has 0 saturated carbocycles. The lowest BCUT2D eigenvalue weighted by molar-refractivity contribution is -0.384. The number of rotatable bonds is 3. The van der Waals surface area contributed by atoms with Crippen molar-refractivity contribution in [2.24, 2.45) is 4.99 Å². The molecule has 0 N–H and O–H groups in total. The number of hydrogen-bond acceptors (Lipinski definition) is 4. The third-order valence-corrected chi connectivity index (χ3v) is 4.58. The van der Waals surface area contributed by atoms with Gasteiger partial charge < -0.3 is 0 Å². The van der Waals surface area contributed by atoms with Crippen LogP contribution in [0.5, 0.6) is 0 Å². The topological polar surface area (TPSA) is 58.5 Å². The van der Waals surface area contributed by atoms with E-state index in [0.29, 0.717) is 6.04 Å². The van der Waals surface area contributed by atoms with Crippen molar-refractivity contribution in [1.82, 2.24) is 4.90 Å². The second kappa shape index (κ2) is 5.59. The van der Waals surface area contributed by atoms with E-state index in [-0.39, 0.29) is 16.7 Å². The number of fused-ring (bicyclic) bond motifs is 1. The van der Waals surface area contributed by atoms with Crippen LogP contribution in [-0.4, -0.2) is 34.7 Å². The number of non-ortho nitro benzene ring substituents is 1. The van der Waals surface area contributed by atoms with Crippen molar-refractivity contribution in [3.8, 4) is 0 Å². The third kappa shape index (κ3) is 2.53.